The third kappa shape index (κ3) is 4.81. The van der Waals surface area contributed by atoms with E-state index in [0.717, 1.165) is 5.56 Å². The van der Waals surface area contributed by atoms with E-state index in [4.69, 9.17) is 14.0 Å². The van der Waals surface area contributed by atoms with Crippen LogP contribution in [0.15, 0.2) is 64.0 Å². The molecule has 2 aromatic carbocycles. The third-order valence-corrected chi connectivity index (χ3v) is 7.22. The van der Waals surface area contributed by atoms with E-state index in [0.29, 0.717) is 24.4 Å². The molecule has 4 rings (SSSR count). The molecule has 2 heterocycles. The number of benzene rings is 2. The highest BCUT2D eigenvalue weighted by Crippen LogP contribution is 2.25. The van der Waals surface area contributed by atoms with Gasteiger partial charge in [-0.25, -0.2) is 8.42 Å². The molecule has 0 bridgehead atoms. The lowest BCUT2D eigenvalue weighted by atomic mass is 9.98. The first-order valence-electron chi connectivity index (χ1n) is 10.2. The number of methoxy groups -OCH3 is 1. The first kappa shape index (κ1) is 22.0. The Labute approximate surface area is 186 Å². The first-order chi connectivity index (χ1) is 15.5. The zero-order valence-electron chi connectivity index (χ0n) is 17.5. The van der Waals surface area contributed by atoms with Gasteiger partial charge in [-0.2, -0.15) is 9.29 Å². The summed E-state index contributed by atoms with van der Waals surface area (Å²) in [7, 11) is -1.98. The summed E-state index contributed by atoms with van der Waals surface area (Å²) in [4.78, 5) is 17.0. The fourth-order valence-electron chi connectivity index (χ4n) is 3.52. The van der Waals surface area contributed by atoms with Crippen molar-refractivity contribution < 1.29 is 27.2 Å². The van der Waals surface area contributed by atoms with Crippen LogP contribution in [0.25, 0.3) is 11.4 Å². The predicted molar refractivity (Wildman–Crippen MR) is 114 cm³/mol. The van der Waals surface area contributed by atoms with Crippen LogP contribution in [0, 0.1) is 5.92 Å². The topological polar surface area (TPSA) is 112 Å². The average molecular weight is 458 g/mol. The summed E-state index contributed by atoms with van der Waals surface area (Å²) in [6, 6.07) is 15.5. The van der Waals surface area contributed by atoms with Crippen LogP contribution in [0.1, 0.15) is 18.7 Å². The molecule has 0 atom stereocenters. The number of esters is 1. The molecule has 1 saturated heterocycles. The van der Waals surface area contributed by atoms with Crippen molar-refractivity contribution in [1.29, 1.82) is 0 Å². The molecule has 0 unspecified atom stereocenters. The standard InChI is InChI=1S/C22H23N3O6S/c1-29-18-7-5-6-17(14-18)21-23-20(31-24-21)15-30-22(26)16-10-12-25(13-11-16)32(27,28)19-8-3-2-4-9-19/h2-9,14,16H,10-13,15H2,1H3. The second-order valence-corrected chi connectivity index (χ2v) is 9.28. The molecule has 1 fully saturated rings. The van der Waals surface area contributed by atoms with E-state index >= 15 is 0 Å². The largest absolute Gasteiger partial charge is 0.497 e. The van der Waals surface area contributed by atoms with Crippen molar-refractivity contribution in [3.63, 3.8) is 0 Å². The summed E-state index contributed by atoms with van der Waals surface area (Å²) in [5.74, 6) is 0.441. The predicted octanol–water partition coefficient (Wildman–Crippen LogP) is 2.89. The number of carbonyl (C=O) groups is 1. The Morgan fingerprint density at radius 1 is 1.12 bits per heavy atom. The van der Waals surface area contributed by atoms with Gasteiger partial charge < -0.3 is 14.0 Å². The zero-order valence-corrected chi connectivity index (χ0v) is 18.3. The van der Waals surface area contributed by atoms with Crippen LogP contribution in [-0.4, -0.2) is 49.0 Å². The minimum absolute atomic E-state index is 0.141. The molecule has 0 radical (unpaired) electrons. The number of nitrogens with zero attached hydrogens (tertiary/aromatic N) is 3. The molecule has 0 spiro atoms. The van der Waals surface area contributed by atoms with Crippen molar-refractivity contribution in [2.75, 3.05) is 20.2 Å². The number of aromatic nitrogens is 2. The van der Waals surface area contributed by atoms with Crippen LogP contribution in [0.3, 0.4) is 0 Å². The lowest BCUT2D eigenvalue weighted by molar-refractivity contribution is -0.152. The summed E-state index contributed by atoms with van der Waals surface area (Å²) in [5, 5.41) is 3.91. The van der Waals surface area contributed by atoms with Crippen molar-refractivity contribution in [2.45, 2.75) is 24.3 Å². The molecule has 0 saturated carbocycles. The van der Waals surface area contributed by atoms with Gasteiger partial charge in [-0.1, -0.05) is 35.5 Å². The van der Waals surface area contributed by atoms with Gasteiger partial charge in [0.15, 0.2) is 6.61 Å². The Hall–Kier alpha value is -3.24. The summed E-state index contributed by atoms with van der Waals surface area (Å²) >= 11 is 0. The maximum absolute atomic E-state index is 12.7. The van der Waals surface area contributed by atoms with E-state index < -0.39 is 16.0 Å². The lowest BCUT2D eigenvalue weighted by Crippen LogP contribution is -2.40. The van der Waals surface area contributed by atoms with Gasteiger partial charge in [-0.3, -0.25) is 4.79 Å². The highest BCUT2D eigenvalue weighted by Gasteiger charge is 2.32. The zero-order chi connectivity index (χ0) is 22.6. The molecule has 32 heavy (non-hydrogen) atoms. The Morgan fingerprint density at radius 2 is 1.88 bits per heavy atom. The third-order valence-electron chi connectivity index (χ3n) is 5.30. The van der Waals surface area contributed by atoms with Gasteiger partial charge in [0.2, 0.25) is 15.8 Å². The van der Waals surface area contributed by atoms with Gasteiger partial charge in [0.25, 0.3) is 5.89 Å². The van der Waals surface area contributed by atoms with Gasteiger partial charge in [0, 0.05) is 18.7 Å². The van der Waals surface area contributed by atoms with Crippen LogP contribution in [-0.2, 0) is 26.2 Å². The van der Waals surface area contributed by atoms with Crippen molar-refractivity contribution in [3.05, 3.63) is 60.5 Å². The maximum Gasteiger partial charge on any atom is 0.309 e. The van der Waals surface area contributed by atoms with Crippen LogP contribution in [0.4, 0.5) is 0 Å². The molecule has 168 valence electrons. The van der Waals surface area contributed by atoms with Crippen molar-refractivity contribution in [2.24, 2.45) is 5.92 Å². The second-order valence-electron chi connectivity index (χ2n) is 7.34. The number of sulfonamides is 1. The highest BCUT2D eigenvalue weighted by atomic mass is 32.2. The van der Waals surface area contributed by atoms with Gasteiger partial charge in [-0.05, 0) is 37.1 Å². The molecular weight excluding hydrogens is 434 g/mol. The smallest absolute Gasteiger partial charge is 0.309 e. The van der Waals surface area contributed by atoms with E-state index in [1.807, 2.05) is 18.2 Å². The number of hydrogen-bond donors (Lipinski definition) is 0. The van der Waals surface area contributed by atoms with E-state index in [9.17, 15) is 13.2 Å². The fraction of sp³-hybridized carbons (Fsp3) is 0.318. The molecule has 0 amide bonds. The van der Waals surface area contributed by atoms with E-state index in [1.165, 1.54) is 4.31 Å². The fourth-order valence-corrected chi connectivity index (χ4v) is 5.01. The summed E-state index contributed by atoms with van der Waals surface area (Å²) in [6.07, 6.45) is 0.785. The van der Waals surface area contributed by atoms with Crippen molar-refractivity contribution >= 4 is 16.0 Å². The number of piperidine rings is 1. The number of rotatable bonds is 7. The van der Waals surface area contributed by atoms with Gasteiger partial charge >= 0.3 is 5.97 Å². The van der Waals surface area contributed by atoms with Crippen LogP contribution in [0.5, 0.6) is 5.75 Å². The van der Waals surface area contributed by atoms with Crippen LogP contribution in [0.2, 0.25) is 0 Å². The minimum atomic E-state index is -3.56. The minimum Gasteiger partial charge on any atom is -0.497 e. The number of carbonyl (C=O) groups excluding carboxylic acids is 1. The average Bonchev–Trinajstić information content (AvgIpc) is 3.32. The first-order valence-corrected chi connectivity index (χ1v) is 11.6. The molecule has 0 aliphatic carbocycles. The number of ether oxygens (including phenoxy) is 2. The monoisotopic (exact) mass is 457 g/mol. The lowest BCUT2D eigenvalue weighted by Gasteiger charge is -2.30. The normalized spacial score (nSPS) is 15.4. The van der Waals surface area contributed by atoms with Crippen LogP contribution >= 0.6 is 0 Å². The molecule has 1 aliphatic heterocycles. The van der Waals surface area contributed by atoms with Gasteiger partial charge in [0.1, 0.15) is 5.75 Å². The van der Waals surface area contributed by atoms with Crippen LogP contribution < -0.4 is 4.74 Å². The second kappa shape index (κ2) is 9.49. The molecule has 1 aromatic heterocycles. The SMILES string of the molecule is COc1cccc(-c2noc(COC(=O)C3CCN(S(=O)(=O)c4ccccc4)CC3)n2)c1. The molecule has 9 nitrogen and oxygen atoms in total. The van der Waals surface area contributed by atoms with Gasteiger partial charge in [0.05, 0.1) is 17.9 Å². The van der Waals surface area contributed by atoms with E-state index in [2.05, 4.69) is 10.1 Å². The molecular formula is C22H23N3O6S. The number of hydrogen-bond acceptors (Lipinski definition) is 8. The Balaban J connectivity index is 1.30. The quantitative estimate of drug-likeness (QED) is 0.498. The van der Waals surface area contributed by atoms with E-state index in [1.54, 1.807) is 43.5 Å². The van der Waals surface area contributed by atoms with Crippen molar-refractivity contribution in [1.82, 2.24) is 14.4 Å². The Morgan fingerprint density at radius 3 is 2.59 bits per heavy atom. The highest BCUT2D eigenvalue weighted by molar-refractivity contribution is 7.89. The molecule has 1 aliphatic rings. The van der Waals surface area contributed by atoms with Gasteiger partial charge in [-0.15, -0.1) is 0 Å². The summed E-state index contributed by atoms with van der Waals surface area (Å²) in [5.41, 5.74) is 0.720. The van der Waals surface area contributed by atoms with Crippen molar-refractivity contribution in [3.8, 4) is 17.1 Å². The Bertz CT molecular complexity index is 1170. The molecule has 10 heteroatoms. The molecule has 0 N–H and O–H groups in total. The summed E-state index contributed by atoms with van der Waals surface area (Å²) in [6.45, 7) is 0.382. The molecule has 3 aromatic rings. The maximum atomic E-state index is 12.7. The summed E-state index contributed by atoms with van der Waals surface area (Å²) < 4.78 is 42.5. The Kier molecular flexibility index (Phi) is 6.52. The van der Waals surface area contributed by atoms with E-state index in [-0.39, 0.29) is 36.4 Å².